The average Bonchev–Trinajstić information content (AvgIpc) is 2.38. The predicted molar refractivity (Wildman–Crippen MR) is 77.8 cm³/mol. The zero-order valence-corrected chi connectivity index (χ0v) is 11.9. The van der Waals surface area contributed by atoms with Crippen LogP contribution in [0.15, 0.2) is 24.3 Å². The summed E-state index contributed by atoms with van der Waals surface area (Å²) >= 11 is 5.88. The molecular weight excluding hydrogens is 244 g/mol. The van der Waals surface area contributed by atoms with Crippen LogP contribution in [0, 0.1) is 5.92 Å². The number of nitrogens with two attached hydrogens (primary N) is 1. The van der Waals surface area contributed by atoms with E-state index in [4.69, 9.17) is 17.3 Å². The second kappa shape index (κ2) is 6.55. The van der Waals surface area contributed by atoms with Crippen LogP contribution in [0.1, 0.15) is 37.8 Å². The highest BCUT2D eigenvalue weighted by Crippen LogP contribution is 2.20. The van der Waals surface area contributed by atoms with Crippen molar-refractivity contribution in [2.45, 2.75) is 32.2 Å². The van der Waals surface area contributed by atoms with E-state index in [1.54, 1.807) is 0 Å². The quantitative estimate of drug-likeness (QED) is 0.904. The summed E-state index contributed by atoms with van der Waals surface area (Å²) in [7, 11) is 0. The summed E-state index contributed by atoms with van der Waals surface area (Å²) in [6.45, 7) is 5.91. The van der Waals surface area contributed by atoms with E-state index in [9.17, 15) is 0 Å². The van der Waals surface area contributed by atoms with E-state index < -0.39 is 0 Å². The molecule has 1 heterocycles. The van der Waals surface area contributed by atoms with Crippen molar-refractivity contribution in [2.75, 3.05) is 19.6 Å². The second-order valence-corrected chi connectivity index (χ2v) is 5.91. The molecule has 0 bridgehead atoms. The van der Waals surface area contributed by atoms with Crippen LogP contribution in [-0.4, -0.2) is 24.5 Å². The summed E-state index contributed by atoms with van der Waals surface area (Å²) in [6.07, 6.45) is 3.68. The molecular formula is C15H23ClN2. The van der Waals surface area contributed by atoms with Crippen LogP contribution in [0.2, 0.25) is 5.02 Å². The maximum absolute atomic E-state index is 6.22. The lowest BCUT2D eigenvalue weighted by molar-refractivity contribution is 0.187. The van der Waals surface area contributed by atoms with Gasteiger partial charge in [0.1, 0.15) is 0 Å². The zero-order chi connectivity index (χ0) is 13.0. The first-order valence-electron chi connectivity index (χ1n) is 6.88. The van der Waals surface area contributed by atoms with Gasteiger partial charge in [-0.05, 0) is 62.5 Å². The van der Waals surface area contributed by atoms with Crippen molar-refractivity contribution in [1.82, 2.24) is 4.90 Å². The first-order chi connectivity index (χ1) is 8.65. The molecule has 3 heteroatoms. The second-order valence-electron chi connectivity index (χ2n) is 5.47. The summed E-state index contributed by atoms with van der Waals surface area (Å²) in [5.74, 6) is 0.895. The molecule has 1 aromatic rings. The fraction of sp³-hybridized carbons (Fsp3) is 0.600. The fourth-order valence-corrected chi connectivity index (χ4v) is 2.61. The van der Waals surface area contributed by atoms with Gasteiger partial charge in [-0.3, -0.25) is 0 Å². The first kappa shape index (κ1) is 13.9. The lowest BCUT2D eigenvalue weighted by atomic mass is 9.98. The van der Waals surface area contributed by atoms with Gasteiger partial charge in [0.25, 0.3) is 0 Å². The number of rotatable bonds is 4. The third-order valence-corrected chi connectivity index (χ3v) is 4.18. The highest BCUT2D eigenvalue weighted by atomic mass is 35.5. The van der Waals surface area contributed by atoms with Crippen molar-refractivity contribution >= 4 is 11.6 Å². The molecule has 18 heavy (non-hydrogen) atoms. The van der Waals surface area contributed by atoms with Gasteiger partial charge in [0.05, 0.1) is 0 Å². The monoisotopic (exact) mass is 266 g/mol. The molecule has 1 saturated heterocycles. The number of nitrogens with zero attached hydrogens (tertiary/aromatic N) is 1. The Morgan fingerprint density at radius 1 is 1.28 bits per heavy atom. The summed E-state index contributed by atoms with van der Waals surface area (Å²) in [5.41, 5.74) is 7.40. The lowest BCUT2D eigenvalue weighted by Gasteiger charge is -2.30. The molecule has 1 aromatic carbocycles. The minimum Gasteiger partial charge on any atom is -0.324 e. The van der Waals surface area contributed by atoms with Gasteiger partial charge in [-0.2, -0.15) is 0 Å². The van der Waals surface area contributed by atoms with Gasteiger partial charge in [0.2, 0.25) is 0 Å². The SMILES string of the molecule is CC1CCN(CCC(N)c2ccc(Cl)cc2)CC1. The molecule has 1 atom stereocenters. The maximum atomic E-state index is 6.22. The minimum absolute atomic E-state index is 0.126. The molecule has 0 aromatic heterocycles. The standard InChI is InChI=1S/C15H23ClN2/c1-12-6-9-18(10-7-12)11-8-15(17)13-2-4-14(16)5-3-13/h2-5,12,15H,6-11,17H2,1H3. The third-order valence-electron chi connectivity index (χ3n) is 3.93. The molecule has 1 aliphatic heterocycles. The largest absolute Gasteiger partial charge is 0.324 e. The van der Waals surface area contributed by atoms with Crippen LogP contribution < -0.4 is 5.73 Å². The zero-order valence-electron chi connectivity index (χ0n) is 11.1. The van der Waals surface area contributed by atoms with Gasteiger partial charge in [0.15, 0.2) is 0 Å². The van der Waals surface area contributed by atoms with E-state index in [-0.39, 0.29) is 6.04 Å². The lowest BCUT2D eigenvalue weighted by Crippen LogP contribution is -2.34. The molecule has 2 N–H and O–H groups in total. The van der Waals surface area contributed by atoms with Crippen LogP contribution in [0.4, 0.5) is 0 Å². The van der Waals surface area contributed by atoms with E-state index in [2.05, 4.69) is 11.8 Å². The Morgan fingerprint density at radius 2 is 1.89 bits per heavy atom. The number of hydrogen-bond donors (Lipinski definition) is 1. The van der Waals surface area contributed by atoms with Gasteiger partial charge in [-0.15, -0.1) is 0 Å². The Bertz CT molecular complexity index is 355. The minimum atomic E-state index is 0.126. The Labute approximate surface area is 115 Å². The molecule has 100 valence electrons. The van der Waals surface area contributed by atoms with E-state index in [1.165, 1.54) is 31.5 Å². The van der Waals surface area contributed by atoms with Crippen LogP contribution in [-0.2, 0) is 0 Å². The molecule has 0 radical (unpaired) electrons. The Hall–Kier alpha value is -0.570. The van der Waals surface area contributed by atoms with Gasteiger partial charge < -0.3 is 10.6 Å². The van der Waals surface area contributed by atoms with Crippen molar-refractivity contribution in [2.24, 2.45) is 11.7 Å². The van der Waals surface area contributed by atoms with Crippen LogP contribution in [0.25, 0.3) is 0 Å². The molecule has 1 unspecified atom stereocenters. The van der Waals surface area contributed by atoms with Crippen LogP contribution >= 0.6 is 11.6 Å². The van der Waals surface area contributed by atoms with Gasteiger partial charge in [0, 0.05) is 11.1 Å². The highest BCUT2D eigenvalue weighted by molar-refractivity contribution is 6.30. The van der Waals surface area contributed by atoms with Crippen molar-refractivity contribution in [3.05, 3.63) is 34.9 Å². The molecule has 1 fully saturated rings. The number of benzene rings is 1. The maximum Gasteiger partial charge on any atom is 0.0406 e. The molecule has 1 aliphatic rings. The Balaban J connectivity index is 1.77. The number of piperidine rings is 1. The van der Waals surface area contributed by atoms with Gasteiger partial charge in [-0.1, -0.05) is 30.7 Å². The van der Waals surface area contributed by atoms with Crippen molar-refractivity contribution in [3.63, 3.8) is 0 Å². The molecule has 0 spiro atoms. The molecule has 2 nitrogen and oxygen atoms in total. The summed E-state index contributed by atoms with van der Waals surface area (Å²) in [6, 6.07) is 8.02. The summed E-state index contributed by atoms with van der Waals surface area (Å²) < 4.78 is 0. The Morgan fingerprint density at radius 3 is 2.50 bits per heavy atom. The summed E-state index contributed by atoms with van der Waals surface area (Å²) in [5, 5.41) is 0.774. The van der Waals surface area contributed by atoms with E-state index in [1.807, 2.05) is 24.3 Å². The van der Waals surface area contributed by atoms with Gasteiger partial charge >= 0.3 is 0 Å². The highest BCUT2D eigenvalue weighted by Gasteiger charge is 2.16. The predicted octanol–water partition coefficient (Wildman–Crippen LogP) is 3.46. The van der Waals surface area contributed by atoms with Crippen molar-refractivity contribution in [1.29, 1.82) is 0 Å². The van der Waals surface area contributed by atoms with Crippen LogP contribution in [0.5, 0.6) is 0 Å². The molecule has 0 saturated carbocycles. The topological polar surface area (TPSA) is 29.3 Å². The first-order valence-corrected chi connectivity index (χ1v) is 7.26. The smallest absolute Gasteiger partial charge is 0.0406 e. The van der Waals surface area contributed by atoms with E-state index >= 15 is 0 Å². The van der Waals surface area contributed by atoms with E-state index in [0.29, 0.717) is 0 Å². The van der Waals surface area contributed by atoms with Crippen molar-refractivity contribution in [3.8, 4) is 0 Å². The normalized spacial score (nSPS) is 19.9. The van der Waals surface area contributed by atoms with Gasteiger partial charge in [-0.25, -0.2) is 0 Å². The average molecular weight is 267 g/mol. The number of halogens is 1. The summed E-state index contributed by atoms with van der Waals surface area (Å²) in [4.78, 5) is 2.54. The van der Waals surface area contributed by atoms with Crippen LogP contribution in [0.3, 0.4) is 0 Å². The molecule has 2 rings (SSSR count). The molecule has 0 aliphatic carbocycles. The van der Waals surface area contributed by atoms with E-state index in [0.717, 1.165) is 23.9 Å². The van der Waals surface area contributed by atoms with Crippen molar-refractivity contribution < 1.29 is 0 Å². The third kappa shape index (κ3) is 3.98. The fourth-order valence-electron chi connectivity index (χ4n) is 2.48. The Kier molecular flexibility index (Phi) is 5.04. The number of likely N-dealkylation sites (tertiary alicyclic amines) is 1. The number of hydrogen-bond acceptors (Lipinski definition) is 2. The molecule has 0 amide bonds.